The molecule has 3 rings (SSSR count). The molecule has 5 heteroatoms. The highest BCUT2D eigenvalue weighted by Crippen LogP contribution is 2.13. The molecule has 0 bridgehead atoms. The summed E-state index contributed by atoms with van der Waals surface area (Å²) < 4.78 is 2.13. The molecule has 2 aromatic rings. The Balaban J connectivity index is 1.67. The van der Waals surface area contributed by atoms with Gasteiger partial charge in [-0.25, -0.2) is 4.98 Å². The molecule has 5 nitrogen and oxygen atoms in total. The van der Waals surface area contributed by atoms with Crippen LogP contribution in [-0.2, 0) is 13.0 Å². The van der Waals surface area contributed by atoms with Crippen LogP contribution >= 0.6 is 0 Å². The molecule has 1 amide bonds. The molecule has 0 spiro atoms. The minimum Gasteiger partial charge on any atom is -0.347 e. The van der Waals surface area contributed by atoms with Crippen molar-refractivity contribution >= 4 is 5.91 Å². The van der Waals surface area contributed by atoms with E-state index in [-0.39, 0.29) is 11.9 Å². The first-order valence-electron chi connectivity index (χ1n) is 6.05. The molecule has 3 heterocycles. The second kappa shape index (κ2) is 4.60. The van der Waals surface area contributed by atoms with Crippen molar-refractivity contribution in [2.75, 3.05) is 0 Å². The zero-order valence-corrected chi connectivity index (χ0v) is 9.91. The van der Waals surface area contributed by atoms with Gasteiger partial charge in [-0.1, -0.05) is 6.07 Å². The maximum absolute atomic E-state index is 12.0. The number of amides is 1. The Labute approximate surface area is 105 Å². The summed E-state index contributed by atoms with van der Waals surface area (Å²) in [5, 5.41) is 3.01. The first-order chi connectivity index (χ1) is 8.83. The van der Waals surface area contributed by atoms with Crippen LogP contribution in [0.2, 0.25) is 0 Å². The van der Waals surface area contributed by atoms with Crippen molar-refractivity contribution in [3.8, 4) is 0 Å². The lowest BCUT2D eigenvalue weighted by atomic mass is 10.1. The van der Waals surface area contributed by atoms with Gasteiger partial charge in [-0.3, -0.25) is 9.78 Å². The number of pyridine rings is 1. The molecule has 0 saturated heterocycles. The summed E-state index contributed by atoms with van der Waals surface area (Å²) in [6.07, 6.45) is 7.13. The standard InChI is InChI=1S/C13H14N4O/c18-13(11-3-1-2-5-14-11)16-10-4-7-17-8-6-15-12(17)9-10/h1-3,5-6,8,10H,4,7,9H2,(H,16,18). The van der Waals surface area contributed by atoms with Gasteiger partial charge in [0.25, 0.3) is 5.91 Å². The fourth-order valence-corrected chi connectivity index (χ4v) is 2.23. The van der Waals surface area contributed by atoms with E-state index in [2.05, 4.69) is 19.9 Å². The third-order valence-corrected chi connectivity index (χ3v) is 3.18. The zero-order valence-electron chi connectivity index (χ0n) is 9.91. The Morgan fingerprint density at radius 2 is 2.28 bits per heavy atom. The van der Waals surface area contributed by atoms with Gasteiger partial charge >= 0.3 is 0 Å². The molecule has 1 unspecified atom stereocenters. The first kappa shape index (κ1) is 11.0. The number of nitrogens with one attached hydrogen (secondary N) is 1. The highest BCUT2D eigenvalue weighted by Gasteiger charge is 2.21. The van der Waals surface area contributed by atoms with E-state index in [4.69, 9.17) is 0 Å². The zero-order chi connectivity index (χ0) is 12.4. The van der Waals surface area contributed by atoms with Crippen LogP contribution in [0.15, 0.2) is 36.8 Å². The fourth-order valence-electron chi connectivity index (χ4n) is 2.23. The number of fused-ring (bicyclic) bond motifs is 1. The minimum atomic E-state index is -0.111. The van der Waals surface area contributed by atoms with Gasteiger partial charge in [0.15, 0.2) is 0 Å². The number of rotatable bonds is 2. The molecular weight excluding hydrogens is 228 g/mol. The van der Waals surface area contributed by atoms with Crippen LogP contribution in [0.25, 0.3) is 0 Å². The third kappa shape index (κ3) is 2.11. The molecule has 0 aliphatic carbocycles. The van der Waals surface area contributed by atoms with E-state index in [0.717, 1.165) is 25.2 Å². The van der Waals surface area contributed by atoms with Crippen molar-refractivity contribution < 1.29 is 4.79 Å². The van der Waals surface area contributed by atoms with Gasteiger partial charge in [0.05, 0.1) is 0 Å². The third-order valence-electron chi connectivity index (χ3n) is 3.18. The number of hydrogen-bond acceptors (Lipinski definition) is 3. The normalized spacial score (nSPS) is 18.1. The van der Waals surface area contributed by atoms with E-state index in [0.29, 0.717) is 5.69 Å². The number of carbonyl (C=O) groups excluding carboxylic acids is 1. The van der Waals surface area contributed by atoms with E-state index in [1.165, 1.54) is 0 Å². The van der Waals surface area contributed by atoms with Crippen molar-refractivity contribution in [3.63, 3.8) is 0 Å². The minimum absolute atomic E-state index is 0.111. The van der Waals surface area contributed by atoms with Gasteiger partial charge in [-0.2, -0.15) is 0 Å². The quantitative estimate of drug-likeness (QED) is 0.855. The van der Waals surface area contributed by atoms with Crippen LogP contribution < -0.4 is 5.32 Å². The van der Waals surface area contributed by atoms with Gasteiger partial charge in [0.2, 0.25) is 0 Å². The topological polar surface area (TPSA) is 59.8 Å². The number of carbonyl (C=O) groups is 1. The number of imidazole rings is 1. The van der Waals surface area contributed by atoms with Crippen LogP contribution in [0.3, 0.4) is 0 Å². The molecule has 1 atom stereocenters. The maximum Gasteiger partial charge on any atom is 0.270 e. The average Bonchev–Trinajstić information content (AvgIpc) is 2.87. The highest BCUT2D eigenvalue weighted by molar-refractivity contribution is 5.92. The van der Waals surface area contributed by atoms with Gasteiger partial charge in [-0.15, -0.1) is 0 Å². The predicted molar refractivity (Wildman–Crippen MR) is 66.0 cm³/mol. The van der Waals surface area contributed by atoms with E-state index in [1.807, 2.05) is 12.3 Å². The van der Waals surface area contributed by atoms with Crippen molar-refractivity contribution in [1.29, 1.82) is 0 Å². The lowest BCUT2D eigenvalue weighted by Gasteiger charge is -2.24. The largest absolute Gasteiger partial charge is 0.347 e. The van der Waals surface area contributed by atoms with Gasteiger partial charge in [-0.05, 0) is 18.6 Å². The molecular formula is C13H14N4O. The van der Waals surface area contributed by atoms with Crippen LogP contribution in [0, 0.1) is 0 Å². The Hall–Kier alpha value is -2.17. The molecule has 1 aliphatic heterocycles. The molecule has 0 saturated carbocycles. The van der Waals surface area contributed by atoms with E-state index in [1.54, 1.807) is 24.5 Å². The number of nitrogens with zero attached hydrogens (tertiary/aromatic N) is 3. The number of aromatic nitrogens is 3. The van der Waals surface area contributed by atoms with Crippen molar-refractivity contribution in [3.05, 3.63) is 48.3 Å². The Morgan fingerprint density at radius 1 is 1.33 bits per heavy atom. The molecule has 1 aliphatic rings. The highest BCUT2D eigenvalue weighted by atomic mass is 16.1. The second-order valence-electron chi connectivity index (χ2n) is 4.42. The Morgan fingerprint density at radius 3 is 3.11 bits per heavy atom. The monoisotopic (exact) mass is 242 g/mol. The summed E-state index contributed by atoms with van der Waals surface area (Å²) in [7, 11) is 0. The van der Waals surface area contributed by atoms with Crippen LogP contribution in [0.4, 0.5) is 0 Å². The summed E-state index contributed by atoms with van der Waals surface area (Å²) in [5.41, 5.74) is 0.464. The summed E-state index contributed by atoms with van der Waals surface area (Å²) >= 11 is 0. The number of hydrogen-bond donors (Lipinski definition) is 1. The molecule has 0 aromatic carbocycles. The molecule has 18 heavy (non-hydrogen) atoms. The predicted octanol–water partition coefficient (Wildman–Crippen LogP) is 1.02. The van der Waals surface area contributed by atoms with E-state index in [9.17, 15) is 4.79 Å². The van der Waals surface area contributed by atoms with E-state index >= 15 is 0 Å². The van der Waals surface area contributed by atoms with Crippen LogP contribution in [-0.4, -0.2) is 26.5 Å². The van der Waals surface area contributed by atoms with Crippen LogP contribution in [0.1, 0.15) is 22.7 Å². The molecule has 0 fully saturated rings. The van der Waals surface area contributed by atoms with Crippen LogP contribution in [0.5, 0.6) is 0 Å². The van der Waals surface area contributed by atoms with Gasteiger partial charge in [0, 0.05) is 37.6 Å². The summed E-state index contributed by atoms with van der Waals surface area (Å²) in [6, 6.07) is 5.48. The smallest absolute Gasteiger partial charge is 0.270 e. The van der Waals surface area contributed by atoms with Gasteiger partial charge in [0.1, 0.15) is 11.5 Å². The number of aryl methyl sites for hydroxylation is 1. The molecule has 0 radical (unpaired) electrons. The molecule has 2 aromatic heterocycles. The van der Waals surface area contributed by atoms with Crippen molar-refractivity contribution in [1.82, 2.24) is 19.9 Å². The average molecular weight is 242 g/mol. The second-order valence-corrected chi connectivity index (χ2v) is 4.42. The van der Waals surface area contributed by atoms with Crippen molar-refractivity contribution in [2.45, 2.75) is 25.4 Å². The lowest BCUT2D eigenvalue weighted by molar-refractivity contribution is 0.0925. The van der Waals surface area contributed by atoms with Crippen molar-refractivity contribution in [2.24, 2.45) is 0 Å². The lowest BCUT2D eigenvalue weighted by Crippen LogP contribution is -2.40. The summed E-state index contributed by atoms with van der Waals surface area (Å²) in [6.45, 7) is 0.905. The Kier molecular flexibility index (Phi) is 2.80. The Bertz CT molecular complexity index is 549. The van der Waals surface area contributed by atoms with E-state index < -0.39 is 0 Å². The SMILES string of the molecule is O=C(NC1CCn2ccnc2C1)c1ccccn1. The fraction of sp³-hybridized carbons (Fsp3) is 0.308. The maximum atomic E-state index is 12.0. The first-order valence-corrected chi connectivity index (χ1v) is 6.05. The summed E-state index contributed by atoms with van der Waals surface area (Å²) in [5.74, 6) is 0.924. The van der Waals surface area contributed by atoms with Gasteiger partial charge < -0.3 is 9.88 Å². The summed E-state index contributed by atoms with van der Waals surface area (Å²) in [4.78, 5) is 20.3. The molecule has 1 N–H and O–H groups in total. The molecule has 92 valence electrons.